The van der Waals surface area contributed by atoms with Gasteiger partial charge in [0.1, 0.15) is 5.75 Å². The Morgan fingerprint density at radius 2 is 1.74 bits per heavy atom. The number of nitrogens with one attached hydrogen (secondary N) is 2. The van der Waals surface area contributed by atoms with Crippen LogP contribution in [0.5, 0.6) is 5.75 Å². The van der Waals surface area contributed by atoms with Crippen LogP contribution in [-0.4, -0.2) is 40.8 Å². The molecular weight excluding hydrogens is 418 g/mol. The number of halogens is 1. The number of carbonyl (C=O) groups excluding carboxylic acids is 3. The van der Waals surface area contributed by atoms with Crippen LogP contribution in [0.4, 0.5) is 5.69 Å². The molecular formula is C23H26ClN3O4. The molecule has 1 aliphatic rings. The predicted molar refractivity (Wildman–Crippen MR) is 119 cm³/mol. The van der Waals surface area contributed by atoms with Gasteiger partial charge >= 0.3 is 0 Å². The first-order valence-electron chi connectivity index (χ1n) is 10.2. The summed E-state index contributed by atoms with van der Waals surface area (Å²) in [5.74, 6) is -0.660. The number of rotatable bonds is 6. The first-order chi connectivity index (χ1) is 14.8. The second kappa shape index (κ2) is 10.3. The van der Waals surface area contributed by atoms with E-state index in [1.54, 1.807) is 47.4 Å². The van der Waals surface area contributed by atoms with Gasteiger partial charge < -0.3 is 20.6 Å². The zero-order valence-corrected chi connectivity index (χ0v) is 18.1. The van der Waals surface area contributed by atoms with E-state index >= 15 is 0 Å². The Kier molecular flexibility index (Phi) is 7.52. The Morgan fingerprint density at radius 3 is 2.35 bits per heavy atom. The maximum absolute atomic E-state index is 12.9. The lowest BCUT2D eigenvalue weighted by Crippen LogP contribution is -2.43. The van der Waals surface area contributed by atoms with Crippen LogP contribution in [0, 0.1) is 5.92 Å². The topological polar surface area (TPSA) is 98.7 Å². The van der Waals surface area contributed by atoms with E-state index in [9.17, 15) is 19.5 Å². The zero-order valence-electron chi connectivity index (χ0n) is 17.3. The number of para-hydroxylation sites is 2. The number of hydrogen-bond donors (Lipinski definition) is 3. The fourth-order valence-electron chi connectivity index (χ4n) is 3.70. The molecule has 8 heteroatoms. The number of piperidine rings is 1. The molecule has 0 aromatic heterocycles. The first kappa shape index (κ1) is 22.6. The number of phenolic OH excluding ortho intramolecular Hbond substituents is 1. The summed E-state index contributed by atoms with van der Waals surface area (Å²) < 4.78 is 0. The standard InChI is InChI=1S/C23H26ClN3O4/c1-15(28)25-20(16-6-8-18(24)9-7-16)14-22(30)27-12-10-17(11-13-27)23(31)26-19-4-2-3-5-21(19)29/h2-9,17,20,29H,10-14H2,1H3,(H,25,28)(H,26,31)/t20-/m0/s1. The van der Waals surface area contributed by atoms with Gasteiger partial charge in [0.2, 0.25) is 17.7 Å². The maximum atomic E-state index is 12.9. The smallest absolute Gasteiger partial charge is 0.227 e. The molecule has 31 heavy (non-hydrogen) atoms. The van der Waals surface area contributed by atoms with Gasteiger partial charge in [-0.05, 0) is 42.7 Å². The summed E-state index contributed by atoms with van der Waals surface area (Å²) in [5, 5.41) is 16.0. The van der Waals surface area contributed by atoms with E-state index < -0.39 is 6.04 Å². The Hall–Kier alpha value is -3.06. The van der Waals surface area contributed by atoms with E-state index in [1.807, 2.05) is 0 Å². The highest BCUT2D eigenvalue weighted by Gasteiger charge is 2.29. The van der Waals surface area contributed by atoms with Crippen molar-refractivity contribution in [3.8, 4) is 5.75 Å². The molecule has 2 aromatic rings. The van der Waals surface area contributed by atoms with Crippen LogP contribution in [0.1, 0.15) is 37.8 Å². The van der Waals surface area contributed by atoms with Crippen LogP contribution < -0.4 is 10.6 Å². The lowest BCUT2D eigenvalue weighted by atomic mass is 9.95. The lowest BCUT2D eigenvalue weighted by Gasteiger charge is -2.32. The van der Waals surface area contributed by atoms with Gasteiger partial charge in [0.25, 0.3) is 0 Å². The molecule has 0 saturated carbocycles. The molecule has 1 heterocycles. The Bertz CT molecular complexity index is 940. The summed E-state index contributed by atoms with van der Waals surface area (Å²) in [5.41, 5.74) is 1.19. The van der Waals surface area contributed by atoms with E-state index in [0.717, 1.165) is 5.56 Å². The average molecular weight is 444 g/mol. The Morgan fingerprint density at radius 1 is 1.10 bits per heavy atom. The molecule has 1 saturated heterocycles. The number of aromatic hydroxyl groups is 1. The highest BCUT2D eigenvalue weighted by atomic mass is 35.5. The molecule has 0 unspecified atom stereocenters. The van der Waals surface area contributed by atoms with Crippen molar-refractivity contribution < 1.29 is 19.5 Å². The van der Waals surface area contributed by atoms with Crippen molar-refractivity contribution >= 4 is 35.0 Å². The van der Waals surface area contributed by atoms with Crippen LogP contribution in [0.3, 0.4) is 0 Å². The van der Waals surface area contributed by atoms with Gasteiger partial charge in [-0.15, -0.1) is 0 Å². The highest BCUT2D eigenvalue weighted by molar-refractivity contribution is 6.30. The quantitative estimate of drug-likeness (QED) is 0.595. The second-order valence-electron chi connectivity index (χ2n) is 7.67. The average Bonchev–Trinajstić information content (AvgIpc) is 2.75. The minimum Gasteiger partial charge on any atom is -0.506 e. The maximum Gasteiger partial charge on any atom is 0.227 e. The highest BCUT2D eigenvalue weighted by Crippen LogP contribution is 2.26. The second-order valence-corrected chi connectivity index (χ2v) is 8.11. The third kappa shape index (κ3) is 6.21. The summed E-state index contributed by atoms with van der Waals surface area (Å²) in [6.45, 7) is 2.35. The van der Waals surface area contributed by atoms with Crippen molar-refractivity contribution in [1.29, 1.82) is 0 Å². The van der Waals surface area contributed by atoms with Gasteiger partial charge in [-0.3, -0.25) is 14.4 Å². The normalized spacial score (nSPS) is 15.2. The van der Waals surface area contributed by atoms with E-state index in [-0.39, 0.29) is 35.8 Å². The molecule has 3 amide bonds. The van der Waals surface area contributed by atoms with Gasteiger partial charge in [-0.25, -0.2) is 0 Å². The van der Waals surface area contributed by atoms with Crippen molar-refractivity contribution in [2.75, 3.05) is 18.4 Å². The molecule has 164 valence electrons. The predicted octanol–water partition coefficient (Wildman–Crippen LogP) is 3.49. The van der Waals surface area contributed by atoms with Crippen LogP contribution in [-0.2, 0) is 14.4 Å². The first-order valence-corrected chi connectivity index (χ1v) is 10.6. The van der Waals surface area contributed by atoms with Gasteiger partial charge in [-0.2, -0.15) is 0 Å². The Balaban J connectivity index is 1.56. The summed E-state index contributed by atoms with van der Waals surface area (Å²) >= 11 is 5.94. The summed E-state index contributed by atoms with van der Waals surface area (Å²) in [6.07, 6.45) is 1.21. The van der Waals surface area contributed by atoms with Crippen LogP contribution in [0.15, 0.2) is 48.5 Å². The molecule has 0 spiro atoms. The van der Waals surface area contributed by atoms with E-state index in [2.05, 4.69) is 10.6 Å². The van der Waals surface area contributed by atoms with Crippen LogP contribution in [0.2, 0.25) is 5.02 Å². The largest absolute Gasteiger partial charge is 0.506 e. The monoisotopic (exact) mass is 443 g/mol. The minimum atomic E-state index is -0.440. The molecule has 1 aliphatic heterocycles. The van der Waals surface area contributed by atoms with E-state index in [1.165, 1.54) is 13.0 Å². The SMILES string of the molecule is CC(=O)N[C@@H](CC(=O)N1CCC(C(=O)Nc2ccccc2O)CC1)c1ccc(Cl)cc1. The number of amides is 3. The number of nitrogens with zero attached hydrogens (tertiary/aromatic N) is 1. The van der Waals surface area contributed by atoms with Gasteiger partial charge in [0.05, 0.1) is 18.2 Å². The van der Waals surface area contributed by atoms with Gasteiger partial charge in [-0.1, -0.05) is 35.9 Å². The van der Waals surface area contributed by atoms with Crippen molar-refractivity contribution in [1.82, 2.24) is 10.2 Å². The van der Waals surface area contributed by atoms with Crippen molar-refractivity contribution in [2.24, 2.45) is 5.92 Å². The summed E-state index contributed by atoms with van der Waals surface area (Å²) in [4.78, 5) is 38.7. The van der Waals surface area contributed by atoms with Crippen LogP contribution in [0.25, 0.3) is 0 Å². The fraction of sp³-hybridized carbons (Fsp3) is 0.348. The molecule has 7 nitrogen and oxygen atoms in total. The molecule has 0 aliphatic carbocycles. The van der Waals surface area contributed by atoms with E-state index in [0.29, 0.717) is 36.6 Å². The fourth-order valence-corrected chi connectivity index (χ4v) is 3.83. The number of anilines is 1. The summed E-state index contributed by atoms with van der Waals surface area (Å²) in [7, 11) is 0. The molecule has 0 bridgehead atoms. The van der Waals surface area contributed by atoms with Crippen LogP contribution >= 0.6 is 11.6 Å². The molecule has 3 rings (SSSR count). The number of phenols is 1. The third-order valence-corrected chi connectivity index (χ3v) is 5.66. The molecule has 1 fully saturated rings. The number of benzene rings is 2. The van der Waals surface area contributed by atoms with Gasteiger partial charge in [0.15, 0.2) is 0 Å². The Labute approximate surface area is 186 Å². The van der Waals surface area contributed by atoms with Gasteiger partial charge in [0, 0.05) is 31.0 Å². The molecule has 1 atom stereocenters. The number of carbonyl (C=O) groups is 3. The molecule has 2 aromatic carbocycles. The van der Waals surface area contributed by atoms with E-state index in [4.69, 9.17) is 11.6 Å². The van der Waals surface area contributed by atoms with Crippen molar-refractivity contribution in [3.63, 3.8) is 0 Å². The van der Waals surface area contributed by atoms with Crippen molar-refractivity contribution in [3.05, 3.63) is 59.1 Å². The number of likely N-dealkylation sites (tertiary alicyclic amines) is 1. The molecule has 3 N–H and O–H groups in total. The third-order valence-electron chi connectivity index (χ3n) is 5.41. The zero-order chi connectivity index (χ0) is 22.4. The number of hydrogen-bond acceptors (Lipinski definition) is 4. The lowest BCUT2D eigenvalue weighted by molar-refractivity contribution is -0.135. The summed E-state index contributed by atoms with van der Waals surface area (Å²) in [6, 6.07) is 13.2. The minimum absolute atomic E-state index is 0.0228. The molecule has 0 radical (unpaired) electrons. The van der Waals surface area contributed by atoms with Crippen molar-refractivity contribution in [2.45, 2.75) is 32.2 Å².